The van der Waals surface area contributed by atoms with Crippen LogP contribution in [0.3, 0.4) is 0 Å². The van der Waals surface area contributed by atoms with Gasteiger partial charge in [0.05, 0.1) is 7.11 Å². The van der Waals surface area contributed by atoms with Gasteiger partial charge in [-0.25, -0.2) is 0 Å². The molecule has 0 unspecified atom stereocenters. The van der Waals surface area contributed by atoms with E-state index in [1.165, 1.54) is 44.1 Å². The van der Waals surface area contributed by atoms with Crippen molar-refractivity contribution in [1.29, 1.82) is 0 Å². The number of benzene rings is 1. The van der Waals surface area contributed by atoms with Gasteiger partial charge in [-0.1, -0.05) is 51.2 Å². The van der Waals surface area contributed by atoms with Crippen molar-refractivity contribution in [2.45, 2.75) is 51.9 Å². The summed E-state index contributed by atoms with van der Waals surface area (Å²) in [5.41, 5.74) is 1.74. The second-order valence-corrected chi connectivity index (χ2v) is 4.65. The Morgan fingerprint density at radius 1 is 1.11 bits per heavy atom. The highest BCUT2D eigenvalue weighted by Gasteiger charge is 2.04. The Balaban J connectivity index is 2.39. The maximum atomic E-state index is 10.6. The largest absolute Gasteiger partial charge is 0.496 e. The summed E-state index contributed by atoms with van der Waals surface area (Å²) in [6, 6.07) is 5.55. The summed E-state index contributed by atoms with van der Waals surface area (Å²) in [7, 11) is 1.65. The van der Waals surface area contributed by atoms with Crippen molar-refractivity contribution in [2.24, 2.45) is 0 Å². The fourth-order valence-electron chi connectivity index (χ4n) is 2.11. The van der Waals surface area contributed by atoms with Crippen LogP contribution in [0.4, 0.5) is 0 Å². The molecule has 0 heterocycles. The zero-order valence-corrected chi connectivity index (χ0v) is 11.5. The van der Waals surface area contributed by atoms with Gasteiger partial charge in [0.15, 0.2) is 0 Å². The zero-order chi connectivity index (χ0) is 13.2. The first kappa shape index (κ1) is 14.7. The Bertz CT molecular complexity index is 358. The predicted molar refractivity (Wildman–Crippen MR) is 74.9 cm³/mol. The Kier molecular flexibility index (Phi) is 7.16. The van der Waals surface area contributed by atoms with Crippen molar-refractivity contribution < 1.29 is 9.53 Å². The van der Waals surface area contributed by atoms with E-state index in [-0.39, 0.29) is 0 Å². The molecular weight excluding hydrogens is 224 g/mol. The van der Waals surface area contributed by atoms with Gasteiger partial charge in [0.25, 0.3) is 0 Å². The number of hydrogen-bond acceptors (Lipinski definition) is 2. The molecule has 1 rings (SSSR count). The lowest BCUT2D eigenvalue weighted by atomic mass is 10.0. The van der Waals surface area contributed by atoms with Gasteiger partial charge in [0, 0.05) is 5.56 Å². The zero-order valence-electron chi connectivity index (χ0n) is 11.5. The first-order chi connectivity index (χ1) is 8.81. The Morgan fingerprint density at radius 3 is 2.50 bits per heavy atom. The second kappa shape index (κ2) is 8.73. The SMILES string of the molecule is CCCCCCCCc1ccc([C]=O)cc1OC. The van der Waals surface area contributed by atoms with Crippen molar-refractivity contribution in [3.05, 3.63) is 29.3 Å². The second-order valence-electron chi connectivity index (χ2n) is 4.65. The summed E-state index contributed by atoms with van der Waals surface area (Å²) in [5.74, 6) is 0.810. The number of carbonyl (C=O) groups excluding carboxylic acids is 1. The normalized spacial score (nSPS) is 10.3. The molecule has 0 N–H and O–H groups in total. The third-order valence-electron chi connectivity index (χ3n) is 3.20. The molecule has 0 aliphatic heterocycles. The first-order valence-electron chi connectivity index (χ1n) is 6.87. The van der Waals surface area contributed by atoms with Crippen LogP contribution in [0.25, 0.3) is 0 Å². The molecule has 0 spiro atoms. The van der Waals surface area contributed by atoms with Crippen LogP contribution in [0.2, 0.25) is 0 Å². The van der Waals surface area contributed by atoms with Gasteiger partial charge in [-0.15, -0.1) is 0 Å². The molecule has 0 aliphatic rings. The molecular formula is C16H23O2. The smallest absolute Gasteiger partial charge is 0.233 e. The van der Waals surface area contributed by atoms with Gasteiger partial charge in [-0.3, -0.25) is 4.79 Å². The van der Waals surface area contributed by atoms with Gasteiger partial charge in [0.1, 0.15) is 5.75 Å². The Morgan fingerprint density at radius 2 is 1.83 bits per heavy atom. The number of rotatable bonds is 9. The summed E-state index contributed by atoms with van der Waals surface area (Å²) >= 11 is 0. The van der Waals surface area contributed by atoms with Gasteiger partial charge in [0.2, 0.25) is 6.29 Å². The number of methoxy groups -OCH3 is 1. The molecule has 1 aromatic rings. The van der Waals surface area contributed by atoms with Gasteiger partial charge < -0.3 is 4.74 Å². The molecule has 0 atom stereocenters. The predicted octanol–water partition coefficient (Wildman–Crippen LogP) is 4.06. The molecule has 1 aromatic carbocycles. The van der Waals surface area contributed by atoms with Crippen LogP contribution in [0.5, 0.6) is 5.75 Å². The van der Waals surface area contributed by atoms with E-state index in [0.29, 0.717) is 5.56 Å². The standard InChI is InChI=1S/C16H23O2/c1-3-4-5-6-7-8-9-15-11-10-14(13-17)12-16(15)18-2/h10-12H,3-9H2,1-2H3. The van der Waals surface area contributed by atoms with Gasteiger partial charge >= 0.3 is 0 Å². The maximum Gasteiger partial charge on any atom is 0.233 e. The summed E-state index contributed by atoms with van der Waals surface area (Å²) < 4.78 is 5.30. The van der Waals surface area contributed by atoms with Crippen molar-refractivity contribution in [3.63, 3.8) is 0 Å². The maximum absolute atomic E-state index is 10.6. The molecule has 18 heavy (non-hydrogen) atoms. The van der Waals surface area contributed by atoms with E-state index in [0.717, 1.165) is 12.2 Å². The number of hydrogen-bond donors (Lipinski definition) is 0. The molecule has 0 amide bonds. The number of aryl methyl sites for hydroxylation is 1. The van der Waals surface area contributed by atoms with Crippen LogP contribution in [0, 0.1) is 0 Å². The van der Waals surface area contributed by atoms with Crippen LogP contribution in [0.1, 0.15) is 56.6 Å². The quantitative estimate of drug-likeness (QED) is 0.615. The molecule has 2 heteroatoms. The molecule has 99 valence electrons. The monoisotopic (exact) mass is 247 g/mol. The van der Waals surface area contributed by atoms with E-state index in [9.17, 15) is 4.79 Å². The van der Waals surface area contributed by atoms with Crippen molar-refractivity contribution in [3.8, 4) is 5.75 Å². The van der Waals surface area contributed by atoms with Crippen LogP contribution < -0.4 is 4.74 Å². The third kappa shape index (κ3) is 4.91. The topological polar surface area (TPSA) is 26.3 Å². The summed E-state index contributed by atoms with van der Waals surface area (Å²) in [6.45, 7) is 2.23. The Labute approximate surface area is 110 Å². The molecule has 0 fully saturated rings. The van der Waals surface area contributed by atoms with Crippen molar-refractivity contribution in [2.75, 3.05) is 7.11 Å². The summed E-state index contributed by atoms with van der Waals surface area (Å²) in [5, 5.41) is 0. The number of ether oxygens (including phenoxy) is 1. The van der Waals surface area contributed by atoms with E-state index in [2.05, 4.69) is 6.92 Å². The van der Waals surface area contributed by atoms with Gasteiger partial charge in [-0.2, -0.15) is 0 Å². The third-order valence-corrected chi connectivity index (χ3v) is 3.20. The van der Waals surface area contributed by atoms with Crippen LogP contribution in [-0.4, -0.2) is 13.4 Å². The lowest BCUT2D eigenvalue weighted by Gasteiger charge is -2.08. The fourth-order valence-corrected chi connectivity index (χ4v) is 2.11. The molecule has 1 radical (unpaired) electrons. The number of unbranched alkanes of at least 4 members (excludes halogenated alkanes) is 5. The molecule has 2 nitrogen and oxygen atoms in total. The highest BCUT2D eigenvalue weighted by Crippen LogP contribution is 2.22. The molecule has 0 aromatic heterocycles. The highest BCUT2D eigenvalue weighted by molar-refractivity contribution is 5.76. The minimum atomic E-state index is 0.554. The van der Waals surface area contributed by atoms with Crippen LogP contribution in [-0.2, 0) is 11.2 Å². The van der Waals surface area contributed by atoms with Gasteiger partial charge in [-0.05, 0) is 24.5 Å². The summed E-state index contributed by atoms with van der Waals surface area (Å²) in [4.78, 5) is 10.6. The first-order valence-corrected chi connectivity index (χ1v) is 6.87. The van der Waals surface area contributed by atoms with E-state index >= 15 is 0 Å². The van der Waals surface area contributed by atoms with E-state index < -0.39 is 0 Å². The van der Waals surface area contributed by atoms with Crippen LogP contribution in [0.15, 0.2) is 18.2 Å². The fraction of sp³-hybridized carbons (Fsp3) is 0.562. The van der Waals surface area contributed by atoms with Crippen molar-refractivity contribution >= 4 is 6.29 Å². The van der Waals surface area contributed by atoms with Crippen LogP contribution >= 0.6 is 0 Å². The Hall–Kier alpha value is -1.31. The average molecular weight is 247 g/mol. The lowest BCUT2D eigenvalue weighted by Crippen LogP contribution is -1.94. The van der Waals surface area contributed by atoms with Crippen molar-refractivity contribution in [1.82, 2.24) is 0 Å². The van der Waals surface area contributed by atoms with E-state index in [1.54, 1.807) is 13.2 Å². The minimum Gasteiger partial charge on any atom is -0.496 e. The lowest BCUT2D eigenvalue weighted by molar-refractivity contribution is 0.408. The molecule has 0 bridgehead atoms. The minimum absolute atomic E-state index is 0.554. The highest BCUT2D eigenvalue weighted by atomic mass is 16.5. The summed E-state index contributed by atoms with van der Waals surface area (Å²) in [6.07, 6.45) is 10.7. The molecule has 0 saturated heterocycles. The van der Waals surface area contributed by atoms with E-state index in [4.69, 9.17) is 4.74 Å². The molecule has 0 saturated carbocycles. The molecule has 0 aliphatic carbocycles. The van der Waals surface area contributed by atoms with E-state index in [1.807, 2.05) is 18.4 Å². The average Bonchev–Trinajstić information content (AvgIpc) is 2.42.